The highest BCUT2D eigenvalue weighted by molar-refractivity contribution is 6.30. The zero-order valence-electron chi connectivity index (χ0n) is 22.0. The van der Waals surface area contributed by atoms with E-state index in [4.69, 9.17) is 25.8 Å². The van der Waals surface area contributed by atoms with Crippen LogP contribution in [0.15, 0.2) is 102 Å². The molecule has 7 nitrogen and oxygen atoms in total. The van der Waals surface area contributed by atoms with Crippen LogP contribution in [0.1, 0.15) is 51.6 Å². The van der Waals surface area contributed by atoms with Gasteiger partial charge in [-0.25, -0.2) is 10.2 Å². The van der Waals surface area contributed by atoms with E-state index in [1.54, 1.807) is 72.8 Å². The van der Waals surface area contributed by atoms with Crippen molar-refractivity contribution in [1.29, 1.82) is 0 Å². The fourth-order valence-corrected chi connectivity index (χ4v) is 3.62. The predicted octanol–water partition coefficient (Wildman–Crippen LogP) is 7.08. The van der Waals surface area contributed by atoms with Crippen molar-refractivity contribution in [1.82, 2.24) is 5.43 Å². The van der Waals surface area contributed by atoms with Crippen molar-refractivity contribution in [2.24, 2.45) is 5.10 Å². The van der Waals surface area contributed by atoms with E-state index in [9.17, 15) is 9.59 Å². The van der Waals surface area contributed by atoms with E-state index in [2.05, 4.69) is 17.5 Å². The molecular weight excluding hydrogens is 528 g/mol. The molecule has 204 valence electrons. The molecule has 8 heteroatoms. The van der Waals surface area contributed by atoms with E-state index in [0.29, 0.717) is 40.9 Å². The Labute approximate surface area is 238 Å². The number of nitrogens with zero attached hydrogens (tertiary/aromatic N) is 1. The van der Waals surface area contributed by atoms with Gasteiger partial charge < -0.3 is 14.2 Å². The SMILES string of the molecule is CCCCOc1ccc(C(=O)Oc2ccc(C=NNC(=O)c3ccc(OCc4ccc(Cl)cc4)cc3)cc2)cc1. The number of amides is 1. The normalized spacial score (nSPS) is 10.8. The number of carbonyl (C=O) groups is 2. The van der Waals surface area contributed by atoms with Gasteiger partial charge in [0.25, 0.3) is 5.91 Å². The summed E-state index contributed by atoms with van der Waals surface area (Å²) in [5, 5.41) is 4.68. The Morgan fingerprint density at radius 2 is 1.38 bits per heavy atom. The summed E-state index contributed by atoms with van der Waals surface area (Å²) >= 11 is 5.90. The van der Waals surface area contributed by atoms with Gasteiger partial charge in [-0.2, -0.15) is 5.10 Å². The van der Waals surface area contributed by atoms with Crippen LogP contribution in [-0.4, -0.2) is 24.7 Å². The van der Waals surface area contributed by atoms with Gasteiger partial charge >= 0.3 is 5.97 Å². The molecule has 1 amide bonds. The monoisotopic (exact) mass is 556 g/mol. The number of benzene rings is 4. The van der Waals surface area contributed by atoms with Gasteiger partial charge in [-0.1, -0.05) is 37.1 Å². The highest BCUT2D eigenvalue weighted by atomic mass is 35.5. The van der Waals surface area contributed by atoms with E-state index in [1.165, 1.54) is 6.21 Å². The summed E-state index contributed by atoms with van der Waals surface area (Å²) in [6.07, 6.45) is 3.54. The maximum absolute atomic E-state index is 12.4. The third-order valence-electron chi connectivity index (χ3n) is 5.76. The lowest BCUT2D eigenvalue weighted by Gasteiger charge is -2.07. The first-order chi connectivity index (χ1) is 19.5. The lowest BCUT2D eigenvalue weighted by Crippen LogP contribution is -2.17. The quantitative estimate of drug-likeness (QED) is 0.0662. The van der Waals surface area contributed by atoms with Crippen molar-refractivity contribution >= 4 is 29.7 Å². The van der Waals surface area contributed by atoms with Crippen LogP contribution in [0.4, 0.5) is 0 Å². The summed E-state index contributed by atoms with van der Waals surface area (Å²) in [5.41, 5.74) is 5.08. The first-order valence-corrected chi connectivity index (χ1v) is 13.2. The smallest absolute Gasteiger partial charge is 0.343 e. The molecule has 0 aliphatic rings. The first-order valence-electron chi connectivity index (χ1n) is 12.9. The number of unbranched alkanes of at least 4 members (excludes halogenated alkanes) is 1. The minimum absolute atomic E-state index is 0.354. The van der Waals surface area contributed by atoms with E-state index in [-0.39, 0.29) is 5.91 Å². The van der Waals surface area contributed by atoms with Gasteiger partial charge in [0.2, 0.25) is 0 Å². The molecule has 0 saturated carbocycles. The van der Waals surface area contributed by atoms with Crippen molar-refractivity contribution in [3.05, 3.63) is 124 Å². The molecule has 0 spiro atoms. The van der Waals surface area contributed by atoms with E-state index in [0.717, 1.165) is 29.7 Å². The molecule has 0 bridgehead atoms. The van der Waals surface area contributed by atoms with Gasteiger partial charge in [0.05, 0.1) is 18.4 Å². The van der Waals surface area contributed by atoms with E-state index < -0.39 is 5.97 Å². The molecule has 0 fully saturated rings. The standard InChI is InChI=1S/C32H29ClN2O5/c1-2-3-20-38-28-18-10-26(11-19-28)32(37)40-30-14-6-23(7-15-30)21-34-35-31(36)25-8-16-29(17-9-25)39-22-24-4-12-27(33)13-5-24/h4-19,21H,2-3,20,22H2,1H3,(H,35,36). The van der Waals surface area contributed by atoms with Crippen LogP contribution in [0.5, 0.6) is 17.2 Å². The van der Waals surface area contributed by atoms with Crippen LogP contribution >= 0.6 is 11.6 Å². The number of hydrogen-bond donors (Lipinski definition) is 1. The Hall–Kier alpha value is -4.62. The number of rotatable bonds is 12. The molecule has 1 N–H and O–H groups in total. The van der Waals surface area contributed by atoms with Crippen LogP contribution in [0.3, 0.4) is 0 Å². The lowest BCUT2D eigenvalue weighted by molar-refractivity contribution is 0.0734. The van der Waals surface area contributed by atoms with Gasteiger partial charge in [0.1, 0.15) is 23.9 Å². The van der Waals surface area contributed by atoms with Crippen LogP contribution in [0, 0.1) is 0 Å². The molecule has 0 aliphatic carbocycles. The minimum Gasteiger partial charge on any atom is -0.494 e. The van der Waals surface area contributed by atoms with Crippen LogP contribution < -0.4 is 19.6 Å². The number of carbonyl (C=O) groups excluding carboxylic acids is 2. The van der Waals surface area contributed by atoms with Gasteiger partial charge in [0, 0.05) is 10.6 Å². The summed E-state index contributed by atoms with van der Waals surface area (Å²) < 4.78 is 16.8. The molecule has 0 aliphatic heterocycles. The van der Waals surface area contributed by atoms with E-state index in [1.807, 2.05) is 24.3 Å². The summed E-state index contributed by atoms with van der Waals surface area (Å²) in [6.45, 7) is 3.14. The third-order valence-corrected chi connectivity index (χ3v) is 6.01. The Bertz CT molecular complexity index is 1420. The number of esters is 1. The third kappa shape index (κ3) is 8.71. The molecule has 40 heavy (non-hydrogen) atoms. The Balaban J connectivity index is 1.22. The molecule has 0 unspecified atom stereocenters. The Morgan fingerprint density at radius 3 is 2.02 bits per heavy atom. The van der Waals surface area contributed by atoms with Gasteiger partial charge in [0.15, 0.2) is 0 Å². The van der Waals surface area contributed by atoms with Gasteiger partial charge in [-0.15, -0.1) is 0 Å². The second-order valence-electron chi connectivity index (χ2n) is 8.82. The molecular formula is C32H29ClN2O5. The molecule has 4 rings (SSSR count). The number of halogens is 1. The largest absolute Gasteiger partial charge is 0.494 e. The van der Waals surface area contributed by atoms with Crippen molar-refractivity contribution in [3.63, 3.8) is 0 Å². The molecule has 0 saturated heterocycles. The van der Waals surface area contributed by atoms with Gasteiger partial charge in [-0.05, 0) is 102 Å². The summed E-state index contributed by atoms with van der Waals surface area (Å²) in [7, 11) is 0. The first kappa shape index (κ1) is 28.4. The zero-order valence-corrected chi connectivity index (χ0v) is 22.8. The molecule has 4 aromatic rings. The number of nitrogens with one attached hydrogen (secondary N) is 1. The average Bonchev–Trinajstić information content (AvgIpc) is 2.98. The predicted molar refractivity (Wildman–Crippen MR) is 156 cm³/mol. The fourth-order valence-electron chi connectivity index (χ4n) is 3.49. The summed E-state index contributed by atoms with van der Waals surface area (Å²) in [5.74, 6) is 0.942. The number of ether oxygens (including phenoxy) is 3. The highest BCUT2D eigenvalue weighted by Gasteiger charge is 2.09. The maximum atomic E-state index is 12.4. The maximum Gasteiger partial charge on any atom is 0.343 e. The molecule has 0 atom stereocenters. The topological polar surface area (TPSA) is 86.2 Å². The molecule has 0 aromatic heterocycles. The number of hydrazone groups is 1. The van der Waals surface area contributed by atoms with Crippen molar-refractivity contribution in [2.75, 3.05) is 6.61 Å². The summed E-state index contributed by atoms with van der Waals surface area (Å²) in [4.78, 5) is 24.8. The second kappa shape index (κ2) is 14.5. The Morgan fingerprint density at radius 1 is 0.775 bits per heavy atom. The van der Waals surface area contributed by atoms with Crippen molar-refractivity contribution in [2.45, 2.75) is 26.4 Å². The highest BCUT2D eigenvalue weighted by Crippen LogP contribution is 2.18. The van der Waals surface area contributed by atoms with Crippen LogP contribution in [0.2, 0.25) is 5.02 Å². The molecule has 0 heterocycles. The summed E-state index contributed by atoms with van der Waals surface area (Å²) in [6, 6.07) is 27.8. The minimum atomic E-state index is -0.463. The van der Waals surface area contributed by atoms with Crippen molar-refractivity contribution < 1.29 is 23.8 Å². The second-order valence-corrected chi connectivity index (χ2v) is 9.26. The van der Waals surface area contributed by atoms with Crippen LogP contribution in [0.25, 0.3) is 0 Å². The zero-order chi connectivity index (χ0) is 28.2. The Kier molecular flexibility index (Phi) is 10.3. The average molecular weight is 557 g/mol. The number of hydrogen-bond acceptors (Lipinski definition) is 6. The van der Waals surface area contributed by atoms with E-state index >= 15 is 0 Å². The lowest BCUT2D eigenvalue weighted by atomic mass is 10.2. The van der Waals surface area contributed by atoms with Crippen LogP contribution in [-0.2, 0) is 6.61 Å². The van der Waals surface area contributed by atoms with Crippen molar-refractivity contribution in [3.8, 4) is 17.2 Å². The fraction of sp³-hybridized carbons (Fsp3) is 0.156. The van der Waals surface area contributed by atoms with Gasteiger partial charge in [-0.3, -0.25) is 4.79 Å². The molecule has 0 radical (unpaired) electrons. The molecule has 4 aromatic carbocycles.